The highest BCUT2D eigenvalue weighted by atomic mass is 19.3. The predicted octanol–water partition coefficient (Wildman–Crippen LogP) is 2.86. The third-order valence-electron chi connectivity index (χ3n) is 9.70. The lowest BCUT2D eigenvalue weighted by Gasteiger charge is -2.46. The summed E-state index contributed by atoms with van der Waals surface area (Å²) in [5.41, 5.74) is 0.323. The van der Waals surface area contributed by atoms with Gasteiger partial charge in [0.05, 0.1) is 37.3 Å². The van der Waals surface area contributed by atoms with Gasteiger partial charge in [-0.15, -0.1) is 0 Å². The Kier molecular flexibility index (Phi) is 8.34. The summed E-state index contributed by atoms with van der Waals surface area (Å²) in [6.07, 6.45) is 3.19. The second-order valence-corrected chi connectivity index (χ2v) is 12.7. The number of benzene rings is 1. The zero-order chi connectivity index (χ0) is 32.3. The van der Waals surface area contributed by atoms with Crippen LogP contribution in [0, 0.1) is 5.92 Å². The number of nitrogens with one attached hydrogen (secondary N) is 1. The Morgan fingerprint density at radius 3 is 2.64 bits per heavy atom. The van der Waals surface area contributed by atoms with Gasteiger partial charge < -0.3 is 43.9 Å². The summed E-state index contributed by atoms with van der Waals surface area (Å²) < 4.78 is 60.2. The summed E-state index contributed by atoms with van der Waals surface area (Å²) in [5.74, 6) is -3.39. The molecule has 3 fully saturated rings. The summed E-state index contributed by atoms with van der Waals surface area (Å²) in [7, 11) is 4.95. The maximum atomic E-state index is 15.1. The number of rotatable bonds is 8. The monoisotopic (exact) mass is 632 g/mol. The molecule has 5 aliphatic rings. The van der Waals surface area contributed by atoms with Crippen molar-refractivity contribution in [1.29, 1.82) is 0 Å². The molecule has 0 radical (unpaired) electrons. The van der Waals surface area contributed by atoms with Crippen molar-refractivity contribution >= 4 is 11.9 Å². The van der Waals surface area contributed by atoms with Gasteiger partial charge in [0.25, 0.3) is 11.8 Å². The molecule has 3 saturated heterocycles. The predicted molar refractivity (Wildman–Crippen MR) is 160 cm³/mol. The van der Waals surface area contributed by atoms with Crippen LogP contribution in [-0.4, -0.2) is 116 Å². The Morgan fingerprint density at radius 1 is 1.16 bits per heavy atom. The van der Waals surface area contributed by atoms with Gasteiger partial charge >= 0.3 is 0 Å². The number of aliphatic hydroxyl groups is 1. The number of aliphatic hydroxyl groups excluding tert-OH is 1. The van der Waals surface area contributed by atoms with E-state index in [4.69, 9.17) is 28.7 Å². The molecule has 45 heavy (non-hydrogen) atoms. The van der Waals surface area contributed by atoms with Gasteiger partial charge in [-0.05, 0) is 44.6 Å². The number of methoxy groups -OCH3 is 1. The van der Waals surface area contributed by atoms with Crippen LogP contribution >= 0.6 is 0 Å². The van der Waals surface area contributed by atoms with Crippen LogP contribution < -0.4 is 10.1 Å². The number of carbonyl (C=O) groups is 1. The zero-order valence-electron chi connectivity index (χ0n) is 26.4. The minimum Gasteiger partial charge on any atom is -0.485 e. The second kappa shape index (κ2) is 11.8. The first kappa shape index (κ1) is 31.7. The SMILES string of the molecule is COC1(CN=C2NC(C)C(C(C)(F)F)C(Oc3cccc4c3C(=O)N(C)C4C)N2C)C=C(OC2COC3C(O)COC23)C=CC1. The molecule has 11 nitrogen and oxygen atoms in total. The topological polar surface area (TPSA) is 114 Å². The number of fused-ring (bicyclic) bond motifs is 2. The highest BCUT2D eigenvalue weighted by molar-refractivity contribution is 6.01. The van der Waals surface area contributed by atoms with Gasteiger partial charge in [0.2, 0.25) is 0 Å². The van der Waals surface area contributed by atoms with Crippen molar-refractivity contribution in [2.75, 3.05) is 41.0 Å². The van der Waals surface area contributed by atoms with Gasteiger partial charge in [-0.3, -0.25) is 4.79 Å². The molecule has 1 amide bonds. The van der Waals surface area contributed by atoms with Crippen LogP contribution in [0.3, 0.4) is 0 Å². The molecule has 13 heteroatoms. The number of ether oxygens (including phenoxy) is 5. The van der Waals surface area contributed by atoms with Crippen molar-refractivity contribution in [2.24, 2.45) is 10.9 Å². The zero-order valence-corrected chi connectivity index (χ0v) is 26.4. The number of amides is 1. The van der Waals surface area contributed by atoms with E-state index in [2.05, 4.69) is 5.32 Å². The van der Waals surface area contributed by atoms with E-state index in [0.29, 0.717) is 30.3 Å². The minimum atomic E-state index is -3.11. The van der Waals surface area contributed by atoms with Crippen molar-refractivity contribution in [3.63, 3.8) is 0 Å². The molecule has 0 aromatic heterocycles. The maximum Gasteiger partial charge on any atom is 0.258 e. The molecule has 4 aliphatic heterocycles. The summed E-state index contributed by atoms with van der Waals surface area (Å²) >= 11 is 0. The molecule has 6 rings (SSSR count). The number of hydrogen-bond acceptors (Lipinski definition) is 8. The van der Waals surface area contributed by atoms with E-state index in [0.717, 1.165) is 12.5 Å². The fraction of sp³-hybridized carbons (Fsp3) is 0.625. The molecule has 0 bridgehead atoms. The third kappa shape index (κ3) is 5.68. The normalized spacial score (nSPS) is 37.0. The van der Waals surface area contributed by atoms with Crippen LogP contribution in [0.2, 0.25) is 0 Å². The van der Waals surface area contributed by atoms with E-state index in [-0.39, 0.29) is 43.1 Å². The Labute approximate surface area is 261 Å². The number of alkyl halides is 2. The van der Waals surface area contributed by atoms with E-state index in [1.165, 1.54) is 0 Å². The second-order valence-electron chi connectivity index (χ2n) is 12.7. The summed E-state index contributed by atoms with van der Waals surface area (Å²) in [5, 5.41) is 13.2. The van der Waals surface area contributed by atoms with E-state index < -0.39 is 41.9 Å². The molecule has 1 aromatic carbocycles. The van der Waals surface area contributed by atoms with Gasteiger partial charge in [-0.1, -0.05) is 18.2 Å². The Morgan fingerprint density at radius 2 is 1.91 bits per heavy atom. The first-order valence-electron chi connectivity index (χ1n) is 15.3. The number of aliphatic imine (C=N–C) groups is 1. The summed E-state index contributed by atoms with van der Waals surface area (Å²) in [6, 6.07) is 4.42. The fourth-order valence-corrected chi connectivity index (χ4v) is 6.98. The number of allylic oxidation sites excluding steroid dienone is 1. The van der Waals surface area contributed by atoms with Crippen molar-refractivity contribution in [3.05, 3.63) is 53.3 Å². The van der Waals surface area contributed by atoms with Crippen LogP contribution in [0.5, 0.6) is 5.75 Å². The standard InChI is InChI=1S/C32H42F2N4O7/c1-17-25(31(3,33)34)29(45-22-11-7-10-20-18(2)37(4)28(40)24(20)22)38(5)30(36-17)35-16-32(41-6)12-8-9-19(13-32)44-23-15-43-26-21(39)14-42-27(23)26/h7-11,13,17-18,21,23,25-27,29,39H,12,14-16H2,1-6H3,(H,35,36). The van der Waals surface area contributed by atoms with Crippen LogP contribution in [0.4, 0.5) is 8.78 Å². The van der Waals surface area contributed by atoms with Crippen molar-refractivity contribution in [1.82, 2.24) is 15.1 Å². The van der Waals surface area contributed by atoms with Crippen LogP contribution in [-0.2, 0) is 18.9 Å². The minimum absolute atomic E-state index is 0.155. The number of carbonyl (C=O) groups excluding carboxylic acids is 1. The summed E-state index contributed by atoms with van der Waals surface area (Å²) in [4.78, 5) is 21.1. The average Bonchev–Trinajstić information content (AvgIpc) is 3.64. The van der Waals surface area contributed by atoms with Crippen LogP contribution in [0.25, 0.3) is 0 Å². The Hall–Kier alpha value is -3.26. The fourth-order valence-electron chi connectivity index (χ4n) is 6.98. The first-order valence-corrected chi connectivity index (χ1v) is 15.3. The lowest BCUT2D eigenvalue weighted by Crippen LogP contribution is -2.66. The maximum absolute atomic E-state index is 15.1. The Bertz CT molecular complexity index is 1400. The molecule has 0 saturated carbocycles. The number of guanidine groups is 1. The molecule has 0 spiro atoms. The average molecular weight is 633 g/mol. The lowest BCUT2D eigenvalue weighted by molar-refractivity contribution is -0.129. The number of nitrogens with zero attached hydrogens (tertiary/aromatic N) is 3. The molecule has 4 heterocycles. The van der Waals surface area contributed by atoms with E-state index in [1.54, 1.807) is 50.1 Å². The van der Waals surface area contributed by atoms with E-state index in [1.807, 2.05) is 31.2 Å². The van der Waals surface area contributed by atoms with Gasteiger partial charge in [0.15, 0.2) is 18.3 Å². The largest absolute Gasteiger partial charge is 0.485 e. The Balaban J connectivity index is 1.24. The van der Waals surface area contributed by atoms with Gasteiger partial charge in [0.1, 0.15) is 35.4 Å². The smallest absolute Gasteiger partial charge is 0.258 e. The van der Waals surface area contributed by atoms with Gasteiger partial charge in [-0.25, -0.2) is 13.8 Å². The van der Waals surface area contributed by atoms with Gasteiger partial charge in [0, 0.05) is 33.7 Å². The van der Waals surface area contributed by atoms with E-state index in [9.17, 15) is 9.90 Å². The molecule has 246 valence electrons. The van der Waals surface area contributed by atoms with E-state index >= 15 is 8.78 Å². The highest BCUT2D eigenvalue weighted by Gasteiger charge is 2.52. The highest BCUT2D eigenvalue weighted by Crippen LogP contribution is 2.41. The quantitative estimate of drug-likeness (QED) is 0.447. The molecular weight excluding hydrogens is 590 g/mol. The molecule has 1 aliphatic carbocycles. The van der Waals surface area contributed by atoms with Crippen molar-refractivity contribution in [3.8, 4) is 5.75 Å². The van der Waals surface area contributed by atoms with Crippen molar-refractivity contribution in [2.45, 2.75) is 81.4 Å². The third-order valence-corrected chi connectivity index (χ3v) is 9.70. The van der Waals surface area contributed by atoms with Gasteiger partial charge in [-0.2, -0.15) is 0 Å². The van der Waals surface area contributed by atoms with Crippen LogP contribution in [0.1, 0.15) is 49.2 Å². The molecule has 9 atom stereocenters. The molecule has 9 unspecified atom stereocenters. The molecule has 1 aromatic rings. The number of halogens is 2. The molecular formula is C32H42F2N4O7. The number of hydrogen-bond donors (Lipinski definition) is 2. The van der Waals surface area contributed by atoms with Crippen LogP contribution in [0.15, 0.2) is 47.2 Å². The first-order chi connectivity index (χ1) is 21.3. The molecule has 2 N–H and O–H groups in total. The van der Waals surface area contributed by atoms with Crippen molar-refractivity contribution < 1.29 is 42.4 Å². The lowest BCUT2D eigenvalue weighted by atomic mass is 9.90. The summed E-state index contributed by atoms with van der Waals surface area (Å²) in [6.45, 7) is 5.14.